The van der Waals surface area contributed by atoms with E-state index in [2.05, 4.69) is 24.5 Å². The number of amides is 1. The quantitative estimate of drug-likeness (QED) is 0.741. The third-order valence-electron chi connectivity index (χ3n) is 4.00. The Balaban J connectivity index is 1.79. The van der Waals surface area contributed by atoms with Crippen LogP contribution in [0.4, 0.5) is 4.39 Å². The lowest BCUT2D eigenvalue weighted by Gasteiger charge is -2.22. The molecule has 0 unspecified atom stereocenters. The van der Waals surface area contributed by atoms with E-state index < -0.39 is 0 Å². The summed E-state index contributed by atoms with van der Waals surface area (Å²) in [5, 5.41) is 6.86. The minimum absolute atomic E-state index is 0.000667. The Morgan fingerprint density at radius 1 is 1.16 bits per heavy atom. The third kappa shape index (κ3) is 6.48. The van der Waals surface area contributed by atoms with Crippen LogP contribution in [0, 0.1) is 11.7 Å². The van der Waals surface area contributed by atoms with Crippen molar-refractivity contribution in [2.75, 3.05) is 13.1 Å². The maximum absolute atomic E-state index is 13.1. The summed E-state index contributed by atoms with van der Waals surface area (Å²) in [6.45, 7) is 4.91. The molecule has 5 heteroatoms. The summed E-state index contributed by atoms with van der Waals surface area (Å²) >= 11 is 5.95. The molecular weight excluding hydrogens is 339 g/mol. The van der Waals surface area contributed by atoms with E-state index in [1.54, 1.807) is 12.1 Å². The maximum atomic E-state index is 13.1. The van der Waals surface area contributed by atoms with E-state index >= 15 is 0 Å². The number of benzene rings is 2. The predicted molar refractivity (Wildman–Crippen MR) is 100 cm³/mol. The molecule has 0 aliphatic rings. The first-order chi connectivity index (χ1) is 12.0. The summed E-state index contributed by atoms with van der Waals surface area (Å²) in [6, 6.07) is 14.0. The van der Waals surface area contributed by atoms with E-state index in [0.29, 0.717) is 11.6 Å². The SMILES string of the molecule is CC(C)[C@@H](NCC(=O)NCCc1cccc(Cl)c1)c1ccc(F)cc1. The van der Waals surface area contributed by atoms with E-state index in [-0.39, 0.29) is 30.2 Å². The second-order valence-corrected chi connectivity index (χ2v) is 6.82. The van der Waals surface area contributed by atoms with Gasteiger partial charge in [-0.3, -0.25) is 4.79 Å². The van der Waals surface area contributed by atoms with Crippen molar-refractivity contribution in [3.05, 3.63) is 70.5 Å². The number of carbonyl (C=O) groups excluding carboxylic acids is 1. The summed E-state index contributed by atoms with van der Waals surface area (Å²) in [6.07, 6.45) is 0.734. The van der Waals surface area contributed by atoms with Gasteiger partial charge in [0.1, 0.15) is 5.82 Å². The zero-order chi connectivity index (χ0) is 18.2. The van der Waals surface area contributed by atoms with Crippen molar-refractivity contribution in [1.29, 1.82) is 0 Å². The minimum Gasteiger partial charge on any atom is -0.355 e. The molecule has 0 spiro atoms. The van der Waals surface area contributed by atoms with Crippen molar-refractivity contribution < 1.29 is 9.18 Å². The molecule has 2 N–H and O–H groups in total. The number of nitrogens with one attached hydrogen (secondary N) is 2. The van der Waals surface area contributed by atoms with Crippen LogP contribution in [0.25, 0.3) is 0 Å². The van der Waals surface area contributed by atoms with Gasteiger partial charge < -0.3 is 10.6 Å². The van der Waals surface area contributed by atoms with Gasteiger partial charge in [0.15, 0.2) is 0 Å². The summed E-state index contributed by atoms with van der Waals surface area (Å²) in [5.74, 6) is -0.0375. The molecule has 134 valence electrons. The van der Waals surface area contributed by atoms with Crippen LogP contribution >= 0.6 is 11.6 Å². The molecule has 0 radical (unpaired) electrons. The van der Waals surface area contributed by atoms with Gasteiger partial charge in [0, 0.05) is 17.6 Å². The monoisotopic (exact) mass is 362 g/mol. The van der Waals surface area contributed by atoms with Gasteiger partial charge in [-0.15, -0.1) is 0 Å². The highest BCUT2D eigenvalue weighted by molar-refractivity contribution is 6.30. The molecule has 0 saturated heterocycles. The molecule has 2 rings (SSSR count). The van der Waals surface area contributed by atoms with Crippen molar-refractivity contribution in [3.8, 4) is 0 Å². The Bertz CT molecular complexity index is 688. The third-order valence-corrected chi connectivity index (χ3v) is 4.24. The largest absolute Gasteiger partial charge is 0.355 e. The Labute approximate surface area is 153 Å². The fourth-order valence-corrected chi connectivity index (χ4v) is 2.93. The van der Waals surface area contributed by atoms with Crippen LogP contribution in [-0.2, 0) is 11.2 Å². The Morgan fingerprint density at radius 2 is 1.88 bits per heavy atom. The molecular formula is C20H24ClFN2O. The first-order valence-corrected chi connectivity index (χ1v) is 8.83. The molecule has 0 aliphatic heterocycles. The molecule has 0 aliphatic carbocycles. The molecule has 3 nitrogen and oxygen atoms in total. The fraction of sp³-hybridized carbons (Fsp3) is 0.350. The second-order valence-electron chi connectivity index (χ2n) is 6.38. The van der Waals surface area contributed by atoms with Crippen molar-refractivity contribution in [2.24, 2.45) is 5.92 Å². The van der Waals surface area contributed by atoms with Crippen LogP contribution in [0.15, 0.2) is 48.5 Å². The van der Waals surface area contributed by atoms with Gasteiger partial charge in [0.05, 0.1) is 6.54 Å². The lowest BCUT2D eigenvalue weighted by atomic mass is 9.96. The van der Waals surface area contributed by atoms with Crippen molar-refractivity contribution >= 4 is 17.5 Å². The standard InChI is InChI=1S/C20H24ClFN2O/c1-14(2)20(16-6-8-18(22)9-7-16)24-13-19(25)23-11-10-15-4-3-5-17(21)12-15/h3-9,12,14,20,24H,10-11,13H2,1-2H3,(H,23,25)/t20-/m1/s1. The zero-order valence-corrected chi connectivity index (χ0v) is 15.3. The van der Waals surface area contributed by atoms with E-state index in [0.717, 1.165) is 17.5 Å². The van der Waals surface area contributed by atoms with Crippen LogP contribution in [0.5, 0.6) is 0 Å². The highest BCUT2D eigenvalue weighted by Gasteiger charge is 2.16. The topological polar surface area (TPSA) is 41.1 Å². The fourth-order valence-electron chi connectivity index (χ4n) is 2.71. The number of carbonyl (C=O) groups is 1. The van der Waals surface area contributed by atoms with Gasteiger partial charge >= 0.3 is 0 Å². The number of hydrogen-bond acceptors (Lipinski definition) is 2. The summed E-state index contributed by atoms with van der Waals surface area (Å²) < 4.78 is 13.1. The van der Waals surface area contributed by atoms with Crippen LogP contribution in [0.3, 0.4) is 0 Å². The number of halogens is 2. The van der Waals surface area contributed by atoms with Gasteiger partial charge in [-0.25, -0.2) is 4.39 Å². The Hall–Kier alpha value is -1.91. The molecule has 1 amide bonds. The first-order valence-electron chi connectivity index (χ1n) is 8.45. The van der Waals surface area contributed by atoms with Gasteiger partial charge in [-0.05, 0) is 47.7 Å². The van der Waals surface area contributed by atoms with E-state index in [9.17, 15) is 9.18 Å². The predicted octanol–water partition coefficient (Wildman–Crippen LogP) is 4.12. The van der Waals surface area contributed by atoms with E-state index in [4.69, 9.17) is 11.6 Å². The average Bonchev–Trinajstić information content (AvgIpc) is 2.56. The molecule has 2 aromatic rings. The molecule has 25 heavy (non-hydrogen) atoms. The van der Waals surface area contributed by atoms with Crippen LogP contribution < -0.4 is 10.6 Å². The van der Waals surface area contributed by atoms with Crippen LogP contribution in [0.2, 0.25) is 5.02 Å². The summed E-state index contributed by atoms with van der Waals surface area (Å²) in [5.41, 5.74) is 2.07. The lowest BCUT2D eigenvalue weighted by Crippen LogP contribution is -2.38. The average molecular weight is 363 g/mol. The lowest BCUT2D eigenvalue weighted by molar-refractivity contribution is -0.120. The highest BCUT2D eigenvalue weighted by Crippen LogP contribution is 2.21. The van der Waals surface area contributed by atoms with Crippen molar-refractivity contribution in [3.63, 3.8) is 0 Å². The maximum Gasteiger partial charge on any atom is 0.233 e. The molecule has 0 heterocycles. The van der Waals surface area contributed by atoms with Crippen LogP contribution in [-0.4, -0.2) is 19.0 Å². The molecule has 1 atom stereocenters. The van der Waals surface area contributed by atoms with E-state index in [1.807, 2.05) is 24.3 Å². The second kappa shape index (κ2) is 9.54. The molecule has 0 aromatic heterocycles. The normalized spacial score (nSPS) is 12.2. The van der Waals surface area contributed by atoms with Gasteiger partial charge in [0.25, 0.3) is 0 Å². The molecule has 2 aromatic carbocycles. The smallest absolute Gasteiger partial charge is 0.233 e. The van der Waals surface area contributed by atoms with Crippen molar-refractivity contribution in [2.45, 2.75) is 26.3 Å². The van der Waals surface area contributed by atoms with Gasteiger partial charge in [0.2, 0.25) is 5.91 Å². The summed E-state index contributed by atoms with van der Waals surface area (Å²) in [4.78, 5) is 12.1. The summed E-state index contributed by atoms with van der Waals surface area (Å²) in [7, 11) is 0. The highest BCUT2D eigenvalue weighted by atomic mass is 35.5. The molecule has 0 saturated carbocycles. The van der Waals surface area contributed by atoms with Gasteiger partial charge in [-0.1, -0.05) is 49.7 Å². The zero-order valence-electron chi connectivity index (χ0n) is 14.6. The Kier molecular flexibility index (Phi) is 7.41. The number of rotatable bonds is 8. The number of hydrogen-bond donors (Lipinski definition) is 2. The van der Waals surface area contributed by atoms with Gasteiger partial charge in [-0.2, -0.15) is 0 Å². The van der Waals surface area contributed by atoms with E-state index in [1.165, 1.54) is 12.1 Å². The van der Waals surface area contributed by atoms with Crippen LogP contribution in [0.1, 0.15) is 31.0 Å². The minimum atomic E-state index is -0.259. The van der Waals surface area contributed by atoms with Crippen molar-refractivity contribution in [1.82, 2.24) is 10.6 Å². The Morgan fingerprint density at radius 3 is 2.52 bits per heavy atom. The first kappa shape index (κ1) is 19.4. The molecule has 0 fully saturated rings. The molecule has 0 bridgehead atoms.